The zero-order valence-corrected chi connectivity index (χ0v) is 21.8. The Morgan fingerprint density at radius 3 is 2.47 bits per heavy atom. The summed E-state index contributed by atoms with van der Waals surface area (Å²) in [5.74, 6) is -1.47. The summed E-state index contributed by atoms with van der Waals surface area (Å²) in [6.07, 6.45) is 0.785. The average molecular weight is 562 g/mol. The van der Waals surface area contributed by atoms with Crippen LogP contribution >= 0.6 is 0 Å². The second-order valence-electron chi connectivity index (χ2n) is 11.1. The summed E-state index contributed by atoms with van der Waals surface area (Å²) in [5, 5.41) is 5.53. The van der Waals surface area contributed by atoms with Crippen LogP contribution in [0.15, 0.2) is 0 Å². The number of hydrogen-bond acceptors (Lipinski definition) is 5. The van der Waals surface area contributed by atoms with Crippen LogP contribution in [0.5, 0.6) is 0 Å². The molecule has 182 valence electrons. The summed E-state index contributed by atoms with van der Waals surface area (Å²) < 4.78 is 6.56. The molecule has 1 saturated carbocycles. The second kappa shape index (κ2) is 9.08. The summed E-state index contributed by atoms with van der Waals surface area (Å²) in [5.41, 5.74) is 5.27. The van der Waals surface area contributed by atoms with Gasteiger partial charge in [0, 0.05) is 0 Å². The average Bonchev–Trinajstić information content (AvgIpc) is 3.05. The zero-order valence-electron chi connectivity index (χ0n) is 19.6. The molecule has 2 saturated heterocycles. The minimum absolute atomic E-state index is 0.0309. The van der Waals surface area contributed by atoms with Gasteiger partial charge in [0.15, 0.2) is 0 Å². The molecule has 0 aromatic heterocycles. The maximum atomic E-state index is 13.6. The number of carbonyl (C=O) groups is 4. The zero-order chi connectivity index (χ0) is 24.0. The van der Waals surface area contributed by atoms with E-state index in [9.17, 15) is 19.2 Å². The third-order valence-electron chi connectivity index (χ3n) is 7.69. The Balaban J connectivity index is 1.79. The second-order valence-corrected chi connectivity index (χ2v) is 12.9. The van der Waals surface area contributed by atoms with Crippen molar-refractivity contribution < 1.29 is 40.7 Å². The molecule has 6 atom stereocenters. The number of piperidine rings is 1. The first kappa shape index (κ1) is 25.2. The predicted octanol–water partition coefficient (Wildman–Crippen LogP) is -3.41. The van der Waals surface area contributed by atoms with Crippen LogP contribution in [-0.2, 0) is 19.2 Å². The van der Waals surface area contributed by atoms with Crippen molar-refractivity contribution in [3.63, 3.8) is 0 Å². The van der Waals surface area contributed by atoms with Gasteiger partial charge < -0.3 is 0 Å². The minimum atomic E-state index is -0.942. The van der Waals surface area contributed by atoms with Gasteiger partial charge in [0.25, 0.3) is 0 Å². The molecule has 2 aliphatic heterocycles. The molecule has 3 aliphatic rings. The van der Waals surface area contributed by atoms with Gasteiger partial charge in [-0.3, -0.25) is 0 Å². The molecule has 3 fully saturated rings. The number of hydrogen-bond donors (Lipinski definition) is 4. The van der Waals surface area contributed by atoms with Gasteiger partial charge in [-0.05, 0) is 0 Å². The van der Waals surface area contributed by atoms with Gasteiger partial charge >= 0.3 is 201 Å². The topological polar surface area (TPSA) is 148 Å². The van der Waals surface area contributed by atoms with Crippen molar-refractivity contribution in [1.29, 1.82) is 0 Å². The van der Waals surface area contributed by atoms with Crippen LogP contribution in [0.2, 0.25) is 0 Å². The number of primary amides is 1. The molecule has 6 N–H and O–H groups in total. The monoisotopic (exact) mass is 562 g/mol. The SMILES string of the molecule is CC(C)(C)[C@H](C[I-]N)C(=O)N1C[C@H]2[C@@H]([C@H]1C(=O)N[C@@H](C[C@@H]1CCNC1=O)C(N)=O)C2(C)C. The van der Waals surface area contributed by atoms with Crippen molar-refractivity contribution in [3.8, 4) is 0 Å². The number of amides is 4. The van der Waals surface area contributed by atoms with E-state index in [1.807, 2.05) is 20.8 Å². The molecular weight excluding hydrogens is 525 g/mol. The standard InChI is InChI=1S/C22H37IN5O4/c1-21(2,3)12(9-23-25)20(32)28-10-13-15(22(13,4)5)16(28)19(31)27-14(17(24)29)8-11-6-7-26-18(11)30/h11-16H,6-10,25H2,1-5H3,(H2,24,29)(H,26,30)(H,27,31)/q-1/t11-,12+,13-,14-,15-,16-/m0/s1. The van der Waals surface area contributed by atoms with Gasteiger partial charge in [-0.25, -0.2) is 0 Å². The molecule has 32 heavy (non-hydrogen) atoms. The van der Waals surface area contributed by atoms with E-state index in [0.29, 0.717) is 23.9 Å². The fourth-order valence-electron chi connectivity index (χ4n) is 5.43. The van der Waals surface area contributed by atoms with Crippen LogP contribution in [-0.4, -0.2) is 58.1 Å². The molecule has 0 bridgehead atoms. The van der Waals surface area contributed by atoms with E-state index in [1.54, 1.807) is 4.90 Å². The summed E-state index contributed by atoms with van der Waals surface area (Å²) in [7, 11) is 0. The summed E-state index contributed by atoms with van der Waals surface area (Å²) in [6, 6.07) is -1.58. The van der Waals surface area contributed by atoms with Crippen LogP contribution in [0, 0.1) is 34.5 Å². The van der Waals surface area contributed by atoms with E-state index in [4.69, 9.17) is 9.68 Å². The predicted molar refractivity (Wildman–Crippen MR) is 115 cm³/mol. The first-order valence-electron chi connectivity index (χ1n) is 11.3. The van der Waals surface area contributed by atoms with Crippen molar-refractivity contribution in [2.24, 2.45) is 44.2 Å². The van der Waals surface area contributed by atoms with Crippen molar-refractivity contribution in [2.75, 3.05) is 17.5 Å². The summed E-state index contributed by atoms with van der Waals surface area (Å²) in [6.45, 7) is 11.4. The Morgan fingerprint density at radius 1 is 1.31 bits per heavy atom. The van der Waals surface area contributed by atoms with E-state index in [0.717, 1.165) is 0 Å². The quantitative estimate of drug-likeness (QED) is 0.138. The Kier molecular flexibility index (Phi) is 7.15. The van der Waals surface area contributed by atoms with Crippen molar-refractivity contribution in [3.05, 3.63) is 0 Å². The molecule has 0 aromatic carbocycles. The number of rotatable bonds is 8. The first-order chi connectivity index (χ1) is 14.8. The van der Waals surface area contributed by atoms with E-state index < -0.39 is 39.5 Å². The molecule has 0 aromatic rings. The van der Waals surface area contributed by atoms with E-state index in [1.165, 1.54) is 0 Å². The third-order valence-corrected chi connectivity index (χ3v) is 9.08. The molecule has 0 unspecified atom stereocenters. The Hall–Kier alpha value is -1.43. The van der Waals surface area contributed by atoms with E-state index in [-0.39, 0.29) is 58.6 Å². The van der Waals surface area contributed by atoms with Crippen LogP contribution in [0.3, 0.4) is 0 Å². The van der Waals surface area contributed by atoms with Crippen molar-refractivity contribution >= 4 is 23.6 Å². The van der Waals surface area contributed by atoms with Crippen LogP contribution in [0.4, 0.5) is 0 Å². The van der Waals surface area contributed by atoms with Gasteiger partial charge in [-0.1, -0.05) is 0 Å². The van der Waals surface area contributed by atoms with Crippen LogP contribution in [0.25, 0.3) is 0 Å². The number of nitrogens with zero attached hydrogens (tertiary/aromatic N) is 1. The Labute approximate surface area is 200 Å². The van der Waals surface area contributed by atoms with Gasteiger partial charge in [0.1, 0.15) is 0 Å². The molecule has 0 radical (unpaired) electrons. The van der Waals surface area contributed by atoms with Gasteiger partial charge in [0.05, 0.1) is 0 Å². The molecule has 4 amide bonds. The summed E-state index contributed by atoms with van der Waals surface area (Å²) >= 11 is -0.581. The normalized spacial score (nSPS) is 30.4. The van der Waals surface area contributed by atoms with Gasteiger partial charge in [-0.15, -0.1) is 0 Å². The number of halogens is 1. The van der Waals surface area contributed by atoms with Crippen molar-refractivity contribution in [1.82, 2.24) is 15.5 Å². The Morgan fingerprint density at radius 2 is 1.97 bits per heavy atom. The van der Waals surface area contributed by atoms with Crippen LogP contribution in [0.1, 0.15) is 47.5 Å². The number of carbonyl (C=O) groups excluding carboxylic acids is 4. The first-order valence-corrected chi connectivity index (χ1v) is 14.0. The third kappa shape index (κ3) is 4.76. The number of nitrogens with one attached hydrogen (secondary N) is 2. The van der Waals surface area contributed by atoms with Crippen LogP contribution < -0.4 is 41.8 Å². The number of fused-ring (bicyclic) bond motifs is 1. The number of likely N-dealkylation sites (tertiary alicyclic amines) is 1. The van der Waals surface area contributed by atoms with Gasteiger partial charge in [-0.2, -0.15) is 0 Å². The van der Waals surface area contributed by atoms with E-state index >= 15 is 0 Å². The molecule has 0 spiro atoms. The maximum absolute atomic E-state index is 13.6. The molecule has 1 aliphatic carbocycles. The molecule has 3 rings (SSSR count). The van der Waals surface area contributed by atoms with Gasteiger partial charge in [0.2, 0.25) is 0 Å². The molecule has 9 nitrogen and oxygen atoms in total. The molecule has 10 heteroatoms. The fourth-order valence-corrected chi connectivity index (χ4v) is 7.63. The van der Waals surface area contributed by atoms with Crippen molar-refractivity contribution in [2.45, 2.75) is 59.5 Å². The Bertz CT molecular complexity index is 796. The fraction of sp³-hybridized carbons (Fsp3) is 0.818. The molecule has 2 heterocycles. The van der Waals surface area contributed by atoms with E-state index in [2.05, 4.69) is 24.5 Å². The summed E-state index contributed by atoms with van der Waals surface area (Å²) in [4.78, 5) is 52.8. The number of nitrogens with two attached hydrogens (primary N) is 2. The molecular formula is C22H37IN5O4-. The number of alkyl halides is 1.